The minimum atomic E-state index is -1.27. The summed E-state index contributed by atoms with van der Waals surface area (Å²) in [6.07, 6.45) is 0.932. The molecule has 0 unspecified atom stereocenters. The maximum absolute atomic E-state index is 12.3. The van der Waals surface area contributed by atoms with Crippen LogP contribution in [0.2, 0.25) is 0 Å². The van der Waals surface area contributed by atoms with Crippen molar-refractivity contribution in [3.8, 4) is 0 Å². The van der Waals surface area contributed by atoms with Gasteiger partial charge in [-0.3, -0.25) is 9.59 Å². The molecule has 0 aromatic rings. The van der Waals surface area contributed by atoms with Gasteiger partial charge in [-0.25, -0.2) is 9.59 Å². The molecular weight excluding hydrogens is 380 g/mol. The number of aliphatic hydroxyl groups excluding tert-OH is 1. The molecule has 0 saturated carbocycles. The minimum absolute atomic E-state index is 0.00558. The zero-order chi connectivity index (χ0) is 21.7. The normalized spacial score (nSPS) is 30.6. The van der Waals surface area contributed by atoms with Crippen molar-refractivity contribution in [2.24, 2.45) is 5.92 Å². The first kappa shape index (κ1) is 22.3. The van der Waals surface area contributed by atoms with E-state index in [1.54, 1.807) is 12.2 Å². The molecule has 4 atom stereocenters. The van der Waals surface area contributed by atoms with E-state index in [2.05, 4.69) is 13.2 Å². The molecule has 0 aromatic heterocycles. The molecule has 8 heteroatoms. The molecule has 1 N–H and O–H groups in total. The number of aliphatic hydroxyl groups is 1. The predicted octanol–water partition coefficient (Wildman–Crippen LogP) is 1.34. The summed E-state index contributed by atoms with van der Waals surface area (Å²) in [6, 6.07) is 0. The van der Waals surface area contributed by atoms with Gasteiger partial charge in [-0.15, -0.1) is 0 Å². The van der Waals surface area contributed by atoms with Crippen LogP contribution in [0.4, 0.5) is 0 Å². The van der Waals surface area contributed by atoms with Crippen LogP contribution in [0, 0.1) is 5.92 Å². The molecule has 2 rings (SSSR count). The van der Waals surface area contributed by atoms with Gasteiger partial charge < -0.3 is 19.3 Å². The Morgan fingerprint density at radius 2 is 2.03 bits per heavy atom. The highest BCUT2D eigenvalue weighted by Crippen LogP contribution is 2.37. The van der Waals surface area contributed by atoms with Crippen molar-refractivity contribution in [2.45, 2.75) is 45.0 Å². The Bertz CT molecular complexity index is 803. The number of rotatable bonds is 5. The first-order valence-corrected chi connectivity index (χ1v) is 9.08. The van der Waals surface area contributed by atoms with Crippen molar-refractivity contribution < 1.29 is 38.5 Å². The Morgan fingerprint density at radius 1 is 1.34 bits per heavy atom. The second-order valence-corrected chi connectivity index (χ2v) is 6.94. The summed E-state index contributed by atoms with van der Waals surface area (Å²) in [5, 5.41) is 9.61. The van der Waals surface area contributed by atoms with Gasteiger partial charge in [-0.2, -0.15) is 0 Å². The molecule has 0 aromatic carbocycles. The third-order valence-electron chi connectivity index (χ3n) is 4.71. The van der Waals surface area contributed by atoms with Crippen molar-refractivity contribution in [3.05, 3.63) is 47.6 Å². The number of aldehydes is 1. The third-order valence-corrected chi connectivity index (χ3v) is 4.71. The Kier molecular flexibility index (Phi) is 7.28. The van der Waals surface area contributed by atoms with E-state index in [1.807, 2.05) is 0 Å². The number of fused-ring (bicyclic) bond motifs is 1. The van der Waals surface area contributed by atoms with E-state index >= 15 is 0 Å². The number of ether oxygens (including phenoxy) is 3. The number of hydrogen-bond donors (Lipinski definition) is 1. The smallest absolute Gasteiger partial charge is 0.334 e. The van der Waals surface area contributed by atoms with Crippen molar-refractivity contribution in [1.82, 2.24) is 0 Å². The van der Waals surface area contributed by atoms with Crippen molar-refractivity contribution in [3.63, 3.8) is 0 Å². The molecule has 29 heavy (non-hydrogen) atoms. The standard InChI is InChI=1S/C21H24O8/c1-11(2)20(25)29-19-17-12(3)21(26)28-16(17)8-14(9-22)6-5-7-15(10-23)18(19)27-13(4)24/h7-8,10,16-19,22H,1,3,5-6,9H2,2,4H3/b14-8+,15-7-/t16-,17+,18+,19-/m1/s1. The summed E-state index contributed by atoms with van der Waals surface area (Å²) >= 11 is 0. The highest BCUT2D eigenvalue weighted by atomic mass is 16.6. The van der Waals surface area contributed by atoms with Gasteiger partial charge in [-0.05, 0) is 31.4 Å². The van der Waals surface area contributed by atoms with Gasteiger partial charge in [-0.1, -0.05) is 19.2 Å². The van der Waals surface area contributed by atoms with Crippen LogP contribution >= 0.6 is 0 Å². The molecule has 1 aliphatic carbocycles. The largest absolute Gasteiger partial charge is 0.454 e. The van der Waals surface area contributed by atoms with Crippen LogP contribution in [0.25, 0.3) is 0 Å². The lowest BCUT2D eigenvalue weighted by molar-refractivity contribution is -0.166. The highest BCUT2D eigenvalue weighted by molar-refractivity contribution is 5.92. The van der Waals surface area contributed by atoms with Gasteiger partial charge >= 0.3 is 17.9 Å². The summed E-state index contributed by atoms with van der Waals surface area (Å²) in [6.45, 7) is 9.59. The monoisotopic (exact) mass is 404 g/mol. The quantitative estimate of drug-likeness (QED) is 0.240. The molecule has 8 nitrogen and oxygen atoms in total. The average molecular weight is 404 g/mol. The minimum Gasteiger partial charge on any atom is -0.454 e. The van der Waals surface area contributed by atoms with E-state index in [0.717, 1.165) is 6.92 Å². The van der Waals surface area contributed by atoms with Crippen LogP contribution in [0.1, 0.15) is 26.7 Å². The number of esters is 3. The molecule has 0 spiro atoms. The third kappa shape index (κ3) is 5.08. The molecular formula is C21H24O8. The van der Waals surface area contributed by atoms with Crippen LogP contribution in [-0.2, 0) is 33.4 Å². The second kappa shape index (κ2) is 9.47. The van der Waals surface area contributed by atoms with E-state index in [-0.39, 0.29) is 23.3 Å². The molecule has 2 aliphatic rings. The number of hydrogen-bond acceptors (Lipinski definition) is 8. The van der Waals surface area contributed by atoms with Gasteiger partial charge in [0.25, 0.3) is 0 Å². The zero-order valence-corrected chi connectivity index (χ0v) is 16.4. The van der Waals surface area contributed by atoms with E-state index in [4.69, 9.17) is 14.2 Å². The molecule has 1 saturated heterocycles. The molecule has 1 aliphatic heterocycles. The Balaban J connectivity index is 2.65. The zero-order valence-electron chi connectivity index (χ0n) is 16.4. The van der Waals surface area contributed by atoms with Crippen molar-refractivity contribution in [1.29, 1.82) is 0 Å². The van der Waals surface area contributed by atoms with Crippen LogP contribution in [0.15, 0.2) is 47.6 Å². The Morgan fingerprint density at radius 3 is 2.59 bits per heavy atom. The fourth-order valence-corrected chi connectivity index (χ4v) is 3.28. The lowest BCUT2D eigenvalue weighted by atomic mass is 9.83. The predicted molar refractivity (Wildman–Crippen MR) is 101 cm³/mol. The van der Waals surface area contributed by atoms with Gasteiger partial charge in [0.15, 0.2) is 12.2 Å². The maximum atomic E-state index is 12.3. The van der Waals surface area contributed by atoms with E-state index in [0.29, 0.717) is 24.7 Å². The molecule has 0 radical (unpaired) electrons. The molecule has 0 bridgehead atoms. The highest BCUT2D eigenvalue weighted by Gasteiger charge is 2.49. The maximum Gasteiger partial charge on any atom is 0.334 e. The van der Waals surface area contributed by atoms with E-state index in [1.165, 1.54) is 6.92 Å². The fraction of sp³-hybridized carbons (Fsp3) is 0.429. The van der Waals surface area contributed by atoms with Crippen molar-refractivity contribution in [2.75, 3.05) is 6.61 Å². The molecule has 156 valence electrons. The SMILES string of the molecule is C=C(C)C(=O)O[C@@H]1[C@H]2C(=C)C(=O)O[C@@H]2/C=C(/CO)CC/C=C(/C=O)[C@@H]1OC(C)=O. The van der Waals surface area contributed by atoms with Gasteiger partial charge in [0.1, 0.15) is 12.4 Å². The first-order chi connectivity index (χ1) is 13.7. The van der Waals surface area contributed by atoms with Crippen LogP contribution < -0.4 is 0 Å². The summed E-state index contributed by atoms with van der Waals surface area (Å²) in [5.74, 6) is -3.12. The summed E-state index contributed by atoms with van der Waals surface area (Å²) < 4.78 is 16.2. The molecule has 1 fully saturated rings. The van der Waals surface area contributed by atoms with E-state index < -0.39 is 42.1 Å². The summed E-state index contributed by atoms with van der Waals surface area (Å²) in [5.41, 5.74) is 0.745. The van der Waals surface area contributed by atoms with Gasteiger partial charge in [0.2, 0.25) is 0 Å². The molecule has 0 amide bonds. The van der Waals surface area contributed by atoms with Crippen LogP contribution in [0.3, 0.4) is 0 Å². The Hall–Kier alpha value is -3.00. The average Bonchev–Trinajstić information content (AvgIpc) is 2.93. The second-order valence-electron chi connectivity index (χ2n) is 6.94. The fourth-order valence-electron chi connectivity index (χ4n) is 3.28. The summed E-state index contributed by atoms with van der Waals surface area (Å²) in [4.78, 5) is 48.0. The molecule has 1 heterocycles. The topological polar surface area (TPSA) is 116 Å². The number of carbonyl (C=O) groups excluding carboxylic acids is 4. The summed E-state index contributed by atoms with van der Waals surface area (Å²) in [7, 11) is 0. The van der Waals surface area contributed by atoms with Gasteiger partial charge in [0, 0.05) is 23.6 Å². The van der Waals surface area contributed by atoms with Crippen LogP contribution in [0.5, 0.6) is 0 Å². The lowest BCUT2D eigenvalue weighted by Crippen LogP contribution is -2.45. The van der Waals surface area contributed by atoms with Crippen LogP contribution in [-0.4, -0.2) is 54.2 Å². The Labute approximate surface area is 168 Å². The van der Waals surface area contributed by atoms with E-state index in [9.17, 15) is 24.3 Å². The lowest BCUT2D eigenvalue weighted by Gasteiger charge is -2.33. The first-order valence-electron chi connectivity index (χ1n) is 9.08. The van der Waals surface area contributed by atoms with Gasteiger partial charge in [0.05, 0.1) is 12.5 Å². The van der Waals surface area contributed by atoms with Crippen molar-refractivity contribution >= 4 is 24.2 Å². The number of allylic oxidation sites excluding steroid dienone is 1. The number of carbonyl (C=O) groups is 4.